The summed E-state index contributed by atoms with van der Waals surface area (Å²) in [5, 5.41) is 30.0. The molecule has 13 heteroatoms. The summed E-state index contributed by atoms with van der Waals surface area (Å²) in [5.41, 5.74) is 13.3. The van der Waals surface area contributed by atoms with E-state index in [4.69, 9.17) is 24.9 Å². The van der Waals surface area contributed by atoms with E-state index in [1.54, 1.807) is 49.1 Å². The zero-order chi connectivity index (χ0) is 49.9. The van der Waals surface area contributed by atoms with E-state index >= 15 is 0 Å². The highest BCUT2D eigenvalue weighted by Gasteiger charge is 2.24. The van der Waals surface area contributed by atoms with Gasteiger partial charge in [-0.15, -0.1) is 0 Å². The molecule has 5 aromatic carbocycles. The van der Waals surface area contributed by atoms with Crippen LogP contribution in [0.25, 0.3) is 78.0 Å². The summed E-state index contributed by atoms with van der Waals surface area (Å²) >= 11 is 0. The van der Waals surface area contributed by atoms with Gasteiger partial charge in [0.1, 0.15) is 24.0 Å². The molecule has 0 aliphatic carbocycles. The van der Waals surface area contributed by atoms with E-state index in [0.29, 0.717) is 55.9 Å². The van der Waals surface area contributed by atoms with Crippen molar-refractivity contribution in [2.45, 2.75) is 39.0 Å². The van der Waals surface area contributed by atoms with E-state index in [9.17, 15) is 19.0 Å². The molecule has 0 radical (unpaired) electrons. The maximum Gasteiger partial charge on any atom is 0.182 e. The Morgan fingerprint density at radius 3 is 1.53 bits per heavy atom. The van der Waals surface area contributed by atoms with Gasteiger partial charge in [-0.05, 0) is 138 Å². The van der Waals surface area contributed by atoms with E-state index in [2.05, 4.69) is 22.1 Å². The van der Waals surface area contributed by atoms with Crippen LogP contribution in [0.3, 0.4) is 0 Å². The molecule has 0 aliphatic rings. The second kappa shape index (κ2) is 22.5. The SMILES string of the molecule is OCCCn1cc2c(-c3cccc(OCc4ccccc4)c3)c(-c3ccncc3)c(-c3ccc(F)cc3)nc2n1.OCCCn1cc2c(Cc3ccccc3)c(-c3ccncc3)c(-c3ccc(F)cc3)nc2n1. The topological polar surface area (TPSA) is 137 Å². The monoisotopic (exact) mass is 968 g/mol. The second-order valence-electron chi connectivity index (χ2n) is 17.4. The van der Waals surface area contributed by atoms with Gasteiger partial charge in [-0.1, -0.05) is 72.8 Å². The minimum atomic E-state index is -0.313. The quantitative estimate of drug-likeness (QED) is 0.0969. The number of fused-ring (bicyclic) bond motifs is 2. The number of aliphatic hydroxyl groups is 2. The molecule has 0 spiro atoms. The number of aryl methyl sites for hydroxylation is 2. The molecule has 11 aromatic rings. The van der Waals surface area contributed by atoms with Crippen LogP contribution in [0, 0.1) is 11.6 Å². The van der Waals surface area contributed by atoms with Crippen molar-refractivity contribution in [3.63, 3.8) is 0 Å². The predicted molar refractivity (Wildman–Crippen MR) is 281 cm³/mol. The Bertz CT molecular complexity index is 3580. The molecule has 0 unspecified atom stereocenters. The third-order valence-electron chi connectivity index (χ3n) is 12.4. The van der Waals surface area contributed by atoms with E-state index in [1.807, 2.05) is 119 Å². The molecule has 0 saturated carbocycles. The van der Waals surface area contributed by atoms with Gasteiger partial charge in [-0.25, -0.2) is 18.7 Å². The number of rotatable bonds is 16. The van der Waals surface area contributed by atoms with Crippen molar-refractivity contribution < 1.29 is 23.7 Å². The Kier molecular flexibility index (Phi) is 14.8. The number of nitrogens with zero attached hydrogens (tertiary/aromatic N) is 8. The van der Waals surface area contributed by atoms with Crippen molar-refractivity contribution in [3.8, 4) is 61.6 Å². The molecule has 0 aliphatic heterocycles. The summed E-state index contributed by atoms with van der Waals surface area (Å²) in [6, 6.07) is 48.9. The van der Waals surface area contributed by atoms with Crippen LogP contribution in [0.4, 0.5) is 8.78 Å². The first-order valence-corrected chi connectivity index (χ1v) is 24.1. The first kappa shape index (κ1) is 47.9. The highest BCUT2D eigenvalue weighted by atomic mass is 19.1. The molecule has 2 N–H and O–H groups in total. The number of aromatic nitrogens is 8. The molecule has 11 rings (SSSR count). The molecule has 0 bridgehead atoms. The van der Waals surface area contributed by atoms with Crippen LogP contribution in [0.5, 0.6) is 5.75 Å². The molecule has 73 heavy (non-hydrogen) atoms. The molecular weight excluding hydrogens is 919 g/mol. The van der Waals surface area contributed by atoms with E-state index in [1.165, 1.54) is 29.8 Å². The lowest BCUT2D eigenvalue weighted by Gasteiger charge is -2.17. The molecular formula is C60H50F2N8O3. The summed E-state index contributed by atoms with van der Waals surface area (Å²) in [6.45, 7) is 1.79. The van der Waals surface area contributed by atoms with Crippen molar-refractivity contribution in [3.05, 3.63) is 223 Å². The molecule has 0 atom stereocenters. The fourth-order valence-electron chi connectivity index (χ4n) is 8.95. The second-order valence-corrected chi connectivity index (χ2v) is 17.4. The zero-order valence-electron chi connectivity index (χ0n) is 39.8. The molecule has 11 nitrogen and oxygen atoms in total. The number of hydrogen-bond acceptors (Lipinski definition) is 9. The highest BCUT2D eigenvalue weighted by Crippen LogP contribution is 2.44. The number of aliphatic hydroxyl groups excluding tert-OH is 2. The summed E-state index contributed by atoms with van der Waals surface area (Å²) < 4.78 is 37.4. The first-order chi connectivity index (χ1) is 35.9. The van der Waals surface area contributed by atoms with Gasteiger partial charge in [0.15, 0.2) is 11.3 Å². The van der Waals surface area contributed by atoms with E-state index in [-0.39, 0.29) is 24.8 Å². The van der Waals surface area contributed by atoms with Crippen molar-refractivity contribution >= 4 is 22.1 Å². The van der Waals surface area contributed by atoms with Crippen molar-refractivity contribution in [1.29, 1.82) is 0 Å². The van der Waals surface area contributed by atoms with Gasteiger partial charge < -0.3 is 14.9 Å². The molecule has 0 saturated heterocycles. The average Bonchev–Trinajstić information content (AvgIpc) is 4.06. The summed E-state index contributed by atoms with van der Waals surface area (Å²) in [6.07, 6.45) is 12.9. The fourth-order valence-corrected chi connectivity index (χ4v) is 8.95. The smallest absolute Gasteiger partial charge is 0.182 e. The third-order valence-corrected chi connectivity index (χ3v) is 12.4. The number of halogens is 2. The standard InChI is InChI=1S/C33H27FN4O2.C27H23FN4O/c34-27-12-10-25(11-13-27)32-31(24-14-16-35-17-15-24)30(29-21-38(18-5-19-39)37-33(29)36-32)26-8-4-9-28(20-26)40-22-23-6-2-1-3-7-23;28-22-9-7-21(8-10-22)26-25(20-11-13-29-14-12-20)23(17-19-5-2-1-3-6-19)24-18-32(15-4-16-33)31-27(24)30-26/h1-4,6-17,20-21,39H,5,18-19,22H2;1-3,5-14,18,33H,4,15-17H2. The minimum Gasteiger partial charge on any atom is -0.489 e. The maximum absolute atomic E-state index is 13.9. The van der Waals surface area contributed by atoms with Crippen molar-refractivity contribution in [2.75, 3.05) is 13.2 Å². The van der Waals surface area contributed by atoms with Gasteiger partial charge in [0, 0.05) is 102 Å². The van der Waals surface area contributed by atoms with Crippen LogP contribution in [0.2, 0.25) is 0 Å². The van der Waals surface area contributed by atoms with Gasteiger partial charge >= 0.3 is 0 Å². The Morgan fingerprint density at radius 2 is 0.973 bits per heavy atom. The molecule has 0 fully saturated rings. The Balaban J connectivity index is 0.000000171. The van der Waals surface area contributed by atoms with Crippen molar-refractivity contribution in [2.24, 2.45) is 0 Å². The Morgan fingerprint density at radius 1 is 0.466 bits per heavy atom. The van der Waals surface area contributed by atoms with Crippen LogP contribution >= 0.6 is 0 Å². The first-order valence-electron chi connectivity index (χ1n) is 24.1. The highest BCUT2D eigenvalue weighted by molar-refractivity contribution is 6.06. The number of ether oxygens (including phenoxy) is 1. The Labute approximate surface area is 420 Å². The van der Waals surface area contributed by atoms with Gasteiger partial charge in [0.2, 0.25) is 0 Å². The minimum absolute atomic E-state index is 0.0698. The van der Waals surface area contributed by atoms with Crippen LogP contribution < -0.4 is 4.74 Å². The van der Waals surface area contributed by atoms with Crippen LogP contribution in [-0.4, -0.2) is 62.9 Å². The zero-order valence-corrected chi connectivity index (χ0v) is 39.8. The average molecular weight is 969 g/mol. The number of pyridine rings is 4. The van der Waals surface area contributed by atoms with E-state index in [0.717, 1.165) is 77.9 Å². The summed E-state index contributed by atoms with van der Waals surface area (Å²) in [5.74, 6) is 0.137. The fraction of sp³-hybridized carbons (Fsp3) is 0.133. The Hall–Kier alpha value is -8.78. The lowest BCUT2D eigenvalue weighted by molar-refractivity contribution is 0.277. The van der Waals surface area contributed by atoms with Gasteiger partial charge in [0.05, 0.1) is 11.4 Å². The summed E-state index contributed by atoms with van der Waals surface area (Å²) in [4.78, 5) is 18.4. The lowest BCUT2D eigenvalue weighted by atomic mass is 9.89. The van der Waals surface area contributed by atoms with Crippen LogP contribution in [0.1, 0.15) is 29.5 Å². The number of hydrogen-bond donors (Lipinski definition) is 2. The number of benzene rings is 5. The summed E-state index contributed by atoms with van der Waals surface area (Å²) in [7, 11) is 0. The largest absolute Gasteiger partial charge is 0.489 e. The van der Waals surface area contributed by atoms with Crippen molar-refractivity contribution in [1.82, 2.24) is 39.5 Å². The van der Waals surface area contributed by atoms with Gasteiger partial charge in [0.25, 0.3) is 0 Å². The lowest BCUT2D eigenvalue weighted by Crippen LogP contribution is -2.00. The van der Waals surface area contributed by atoms with Gasteiger partial charge in [-0.3, -0.25) is 19.3 Å². The van der Waals surface area contributed by atoms with Gasteiger partial charge in [-0.2, -0.15) is 10.2 Å². The molecule has 362 valence electrons. The normalized spacial score (nSPS) is 11.2. The van der Waals surface area contributed by atoms with Crippen LogP contribution in [0.15, 0.2) is 195 Å². The molecule has 6 heterocycles. The predicted octanol–water partition coefficient (Wildman–Crippen LogP) is 12.2. The molecule has 0 amide bonds. The van der Waals surface area contributed by atoms with E-state index < -0.39 is 0 Å². The third kappa shape index (κ3) is 11.1. The molecule has 6 aromatic heterocycles. The maximum atomic E-state index is 13.9. The van der Waals surface area contributed by atoms with Crippen LogP contribution in [-0.2, 0) is 26.1 Å².